The second-order valence-electron chi connectivity index (χ2n) is 8.35. The van der Waals surface area contributed by atoms with E-state index in [1.807, 2.05) is 19.2 Å². The summed E-state index contributed by atoms with van der Waals surface area (Å²) in [5.74, 6) is 1.76. The second-order valence-corrected chi connectivity index (χ2v) is 8.35. The van der Waals surface area contributed by atoms with Crippen LogP contribution < -0.4 is 15.4 Å². The van der Waals surface area contributed by atoms with E-state index >= 15 is 0 Å². The third-order valence-electron chi connectivity index (χ3n) is 5.90. The molecule has 0 aliphatic heterocycles. The molecule has 5 heteroatoms. The average molecular weight is 376 g/mol. The molecule has 1 aromatic rings. The van der Waals surface area contributed by atoms with Gasteiger partial charge in [0.25, 0.3) is 0 Å². The highest BCUT2D eigenvalue weighted by Gasteiger charge is 2.33. The van der Waals surface area contributed by atoms with Gasteiger partial charge >= 0.3 is 0 Å². The maximum atomic E-state index is 5.37. The van der Waals surface area contributed by atoms with E-state index in [4.69, 9.17) is 9.47 Å². The highest BCUT2D eigenvalue weighted by molar-refractivity contribution is 5.79. The van der Waals surface area contributed by atoms with Crippen molar-refractivity contribution in [3.63, 3.8) is 0 Å². The second kappa shape index (κ2) is 9.98. The van der Waals surface area contributed by atoms with E-state index in [1.165, 1.54) is 31.2 Å². The SMILES string of the molecule is CN=C(NCC1(CCOC)CCCC1)NCC(C)(C)c1cccc(OC)c1. The van der Waals surface area contributed by atoms with Gasteiger partial charge in [0.15, 0.2) is 5.96 Å². The lowest BCUT2D eigenvalue weighted by Crippen LogP contribution is -2.46. The zero-order valence-electron chi connectivity index (χ0n) is 17.7. The zero-order chi connectivity index (χ0) is 19.8. The van der Waals surface area contributed by atoms with Crippen LogP contribution in [0.5, 0.6) is 5.75 Å². The molecular formula is C22H37N3O2. The zero-order valence-corrected chi connectivity index (χ0v) is 17.7. The first-order chi connectivity index (χ1) is 12.9. The van der Waals surface area contributed by atoms with Gasteiger partial charge in [-0.2, -0.15) is 0 Å². The molecule has 0 spiro atoms. The van der Waals surface area contributed by atoms with Crippen LogP contribution in [-0.4, -0.2) is 46.9 Å². The molecule has 0 atom stereocenters. The Kier molecular flexibility index (Phi) is 7.96. The van der Waals surface area contributed by atoms with Crippen LogP contribution in [0.3, 0.4) is 0 Å². The summed E-state index contributed by atoms with van der Waals surface area (Å²) >= 11 is 0. The number of guanidine groups is 1. The van der Waals surface area contributed by atoms with Gasteiger partial charge in [0.2, 0.25) is 0 Å². The standard InChI is InChI=1S/C22H37N3O2/c1-21(2,18-9-8-10-19(15-18)27-5)16-24-20(23-3)25-17-22(13-14-26-4)11-6-7-12-22/h8-10,15H,6-7,11-14,16-17H2,1-5H3,(H2,23,24,25). The lowest BCUT2D eigenvalue weighted by molar-refractivity contribution is 0.138. The summed E-state index contributed by atoms with van der Waals surface area (Å²) < 4.78 is 10.7. The van der Waals surface area contributed by atoms with Gasteiger partial charge in [0, 0.05) is 39.3 Å². The van der Waals surface area contributed by atoms with Crippen molar-refractivity contribution in [2.45, 2.75) is 51.4 Å². The van der Waals surface area contributed by atoms with Crippen LogP contribution in [-0.2, 0) is 10.2 Å². The van der Waals surface area contributed by atoms with Gasteiger partial charge in [-0.25, -0.2) is 0 Å². The number of methoxy groups -OCH3 is 2. The first-order valence-corrected chi connectivity index (χ1v) is 10.0. The fourth-order valence-electron chi connectivity index (χ4n) is 3.90. The normalized spacial score (nSPS) is 17.0. The number of nitrogens with one attached hydrogen (secondary N) is 2. The van der Waals surface area contributed by atoms with Crippen LogP contribution >= 0.6 is 0 Å². The fourth-order valence-corrected chi connectivity index (χ4v) is 3.90. The number of hydrogen-bond donors (Lipinski definition) is 2. The largest absolute Gasteiger partial charge is 0.497 e. The predicted octanol–water partition coefficient (Wildman–Crippen LogP) is 3.73. The Morgan fingerprint density at radius 2 is 1.93 bits per heavy atom. The maximum absolute atomic E-state index is 5.37. The Morgan fingerprint density at radius 3 is 2.56 bits per heavy atom. The number of nitrogens with zero attached hydrogens (tertiary/aromatic N) is 1. The molecule has 1 aliphatic carbocycles. The molecule has 1 aliphatic rings. The third-order valence-corrected chi connectivity index (χ3v) is 5.90. The van der Waals surface area contributed by atoms with E-state index in [9.17, 15) is 0 Å². The van der Waals surface area contributed by atoms with E-state index in [1.54, 1.807) is 14.2 Å². The van der Waals surface area contributed by atoms with Crippen LogP contribution in [0.25, 0.3) is 0 Å². The molecule has 0 unspecified atom stereocenters. The van der Waals surface area contributed by atoms with E-state index < -0.39 is 0 Å². The van der Waals surface area contributed by atoms with Gasteiger partial charge in [-0.15, -0.1) is 0 Å². The van der Waals surface area contributed by atoms with Crippen molar-refractivity contribution in [1.82, 2.24) is 10.6 Å². The molecule has 0 radical (unpaired) electrons. The summed E-state index contributed by atoms with van der Waals surface area (Å²) in [6.07, 6.45) is 6.30. The topological polar surface area (TPSA) is 54.9 Å². The summed E-state index contributed by atoms with van der Waals surface area (Å²) in [7, 11) is 5.33. The molecule has 27 heavy (non-hydrogen) atoms. The Bertz CT molecular complexity index is 607. The summed E-state index contributed by atoms with van der Waals surface area (Å²) in [5, 5.41) is 7.08. The maximum Gasteiger partial charge on any atom is 0.191 e. The van der Waals surface area contributed by atoms with Crippen molar-refractivity contribution in [2.75, 3.05) is 41.0 Å². The monoisotopic (exact) mass is 375 g/mol. The molecule has 0 bridgehead atoms. The molecule has 2 N–H and O–H groups in total. The molecule has 1 fully saturated rings. The number of ether oxygens (including phenoxy) is 2. The van der Waals surface area contributed by atoms with E-state index in [-0.39, 0.29) is 5.41 Å². The molecule has 0 heterocycles. The lowest BCUT2D eigenvalue weighted by atomic mass is 9.83. The Hall–Kier alpha value is -1.75. The molecular weight excluding hydrogens is 338 g/mol. The molecule has 1 saturated carbocycles. The van der Waals surface area contributed by atoms with Crippen LogP contribution in [0, 0.1) is 5.41 Å². The van der Waals surface area contributed by atoms with Gasteiger partial charge in [0.05, 0.1) is 7.11 Å². The van der Waals surface area contributed by atoms with Gasteiger partial charge in [-0.3, -0.25) is 4.99 Å². The molecule has 1 aromatic carbocycles. The molecule has 0 amide bonds. The Labute approximate surface area is 164 Å². The average Bonchev–Trinajstić information content (AvgIpc) is 3.15. The summed E-state index contributed by atoms with van der Waals surface area (Å²) in [5.41, 5.74) is 1.56. The highest BCUT2D eigenvalue weighted by atomic mass is 16.5. The van der Waals surface area contributed by atoms with Crippen molar-refractivity contribution in [3.8, 4) is 5.75 Å². The molecule has 2 rings (SSSR count). The Balaban J connectivity index is 1.92. The minimum Gasteiger partial charge on any atom is -0.497 e. The highest BCUT2D eigenvalue weighted by Crippen LogP contribution is 2.40. The van der Waals surface area contributed by atoms with Crippen molar-refractivity contribution in [1.29, 1.82) is 0 Å². The van der Waals surface area contributed by atoms with Gasteiger partial charge in [-0.1, -0.05) is 38.8 Å². The van der Waals surface area contributed by atoms with E-state index in [0.29, 0.717) is 5.41 Å². The molecule has 152 valence electrons. The number of benzene rings is 1. The predicted molar refractivity (Wildman–Crippen MR) is 113 cm³/mol. The van der Waals surface area contributed by atoms with Gasteiger partial charge in [-0.05, 0) is 42.4 Å². The van der Waals surface area contributed by atoms with Crippen LogP contribution in [0.2, 0.25) is 0 Å². The lowest BCUT2D eigenvalue weighted by Gasteiger charge is -2.31. The molecule has 0 aromatic heterocycles. The summed E-state index contributed by atoms with van der Waals surface area (Å²) in [6.45, 7) is 7.05. The van der Waals surface area contributed by atoms with Gasteiger partial charge in [0.1, 0.15) is 5.75 Å². The minimum atomic E-state index is -0.0345. The minimum absolute atomic E-state index is 0.0345. The van der Waals surface area contributed by atoms with Crippen molar-refractivity contribution in [2.24, 2.45) is 10.4 Å². The molecule has 5 nitrogen and oxygen atoms in total. The van der Waals surface area contributed by atoms with Crippen molar-refractivity contribution >= 4 is 5.96 Å². The van der Waals surface area contributed by atoms with Crippen LogP contribution in [0.1, 0.15) is 51.5 Å². The number of hydrogen-bond acceptors (Lipinski definition) is 3. The van der Waals surface area contributed by atoms with Crippen molar-refractivity contribution < 1.29 is 9.47 Å². The first kappa shape index (κ1) is 21.5. The number of rotatable bonds is 9. The first-order valence-electron chi connectivity index (χ1n) is 10.0. The summed E-state index contributed by atoms with van der Waals surface area (Å²) in [6, 6.07) is 8.28. The number of aliphatic imine (C=N–C) groups is 1. The van der Waals surface area contributed by atoms with E-state index in [0.717, 1.165) is 37.8 Å². The fraction of sp³-hybridized carbons (Fsp3) is 0.682. The third kappa shape index (κ3) is 6.13. The quantitative estimate of drug-likeness (QED) is 0.510. The Morgan fingerprint density at radius 1 is 1.19 bits per heavy atom. The molecule has 0 saturated heterocycles. The van der Waals surface area contributed by atoms with Gasteiger partial charge < -0.3 is 20.1 Å². The van der Waals surface area contributed by atoms with E-state index in [2.05, 4.69) is 41.6 Å². The van der Waals surface area contributed by atoms with Crippen molar-refractivity contribution in [3.05, 3.63) is 29.8 Å². The summed E-state index contributed by atoms with van der Waals surface area (Å²) in [4.78, 5) is 4.43. The van der Waals surface area contributed by atoms with Crippen LogP contribution in [0.15, 0.2) is 29.3 Å². The van der Waals surface area contributed by atoms with Crippen LogP contribution in [0.4, 0.5) is 0 Å². The smallest absolute Gasteiger partial charge is 0.191 e.